The highest BCUT2D eigenvalue weighted by atomic mass is 16.6. The molecule has 0 aliphatic heterocycles. The van der Waals surface area contributed by atoms with E-state index in [1.807, 2.05) is 52.8 Å². The molecule has 0 fully saturated rings. The van der Waals surface area contributed by atoms with Gasteiger partial charge < -0.3 is 4.74 Å². The maximum atomic E-state index is 11.8. The summed E-state index contributed by atoms with van der Waals surface area (Å²) >= 11 is 0. The summed E-state index contributed by atoms with van der Waals surface area (Å²) in [6, 6.07) is 5.70. The lowest BCUT2D eigenvalue weighted by Crippen LogP contribution is -2.24. The normalized spacial score (nSPS) is 12.6. The SMILES string of the molecule is [C-]#[N+]c1ccc(C(C)CC(=O)OC(C)(C)C)cc1C. The Morgan fingerprint density at radius 2 is 2.05 bits per heavy atom. The summed E-state index contributed by atoms with van der Waals surface area (Å²) in [5.74, 6) is -0.0970. The molecule has 0 aliphatic carbocycles. The molecule has 0 saturated heterocycles. The number of ether oxygens (including phenoxy) is 1. The van der Waals surface area contributed by atoms with Gasteiger partial charge in [0.1, 0.15) is 5.60 Å². The van der Waals surface area contributed by atoms with Crippen LogP contribution in [0.3, 0.4) is 0 Å². The van der Waals surface area contributed by atoms with Crippen LogP contribution in [-0.2, 0) is 9.53 Å². The number of nitrogens with zero attached hydrogens (tertiary/aromatic N) is 1. The van der Waals surface area contributed by atoms with E-state index in [1.165, 1.54) is 0 Å². The molecule has 1 aromatic carbocycles. The first-order valence-electron chi connectivity index (χ1n) is 6.43. The molecule has 0 radical (unpaired) electrons. The Bertz CT molecular complexity index is 506. The highest BCUT2D eigenvalue weighted by Crippen LogP contribution is 2.26. The van der Waals surface area contributed by atoms with Gasteiger partial charge in [-0.2, -0.15) is 0 Å². The number of hydrogen-bond donors (Lipinski definition) is 0. The Kier molecular flexibility index (Phi) is 4.72. The monoisotopic (exact) mass is 259 g/mol. The molecule has 0 amide bonds. The molecule has 0 aliphatic rings. The molecule has 0 N–H and O–H groups in total. The second-order valence-corrected chi connectivity index (χ2v) is 5.85. The van der Waals surface area contributed by atoms with Gasteiger partial charge in [0.2, 0.25) is 0 Å². The van der Waals surface area contributed by atoms with Crippen molar-refractivity contribution in [3.63, 3.8) is 0 Å². The Morgan fingerprint density at radius 1 is 1.42 bits per heavy atom. The molecule has 102 valence electrons. The number of aryl methyl sites for hydroxylation is 1. The van der Waals surface area contributed by atoms with Crippen molar-refractivity contribution < 1.29 is 9.53 Å². The Morgan fingerprint density at radius 3 is 2.53 bits per heavy atom. The zero-order valence-electron chi connectivity index (χ0n) is 12.3. The average molecular weight is 259 g/mol. The van der Waals surface area contributed by atoms with Gasteiger partial charge in [-0.3, -0.25) is 4.79 Å². The largest absolute Gasteiger partial charge is 0.460 e. The van der Waals surface area contributed by atoms with Gasteiger partial charge in [-0.25, -0.2) is 4.85 Å². The Hall–Kier alpha value is -1.82. The van der Waals surface area contributed by atoms with E-state index in [0.717, 1.165) is 11.1 Å². The van der Waals surface area contributed by atoms with Gasteiger partial charge in [-0.05, 0) is 44.7 Å². The van der Waals surface area contributed by atoms with Crippen LogP contribution < -0.4 is 0 Å². The minimum atomic E-state index is -0.444. The molecular formula is C16H21NO2. The van der Waals surface area contributed by atoms with Crippen LogP contribution in [0, 0.1) is 13.5 Å². The molecule has 0 bridgehead atoms. The van der Waals surface area contributed by atoms with E-state index in [2.05, 4.69) is 4.85 Å². The summed E-state index contributed by atoms with van der Waals surface area (Å²) in [7, 11) is 0. The van der Waals surface area contributed by atoms with Crippen LogP contribution >= 0.6 is 0 Å². The molecule has 0 heterocycles. The second-order valence-electron chi connectivity index (χ2n) is 5.85. The molecule has 1 unspecified atom stereocenters. The van der Waals surface area contributed by atoms with Crippen molar-refractivity contribution in [3.8, 4) is 0 Å². The van der Waals surface area contributed by atoms with Crippen molar-refractivity contribution in [3.05, 3.63) is 40.7 Å². The van der Waals surface area contributed by atoms with Crippen LogP contribution in [0.4, 0.5) is 5.69 Å². The van der Waals surface area contributed by atoms with Crippen LogP contribution in [0.15, 0.2) is 18.2 Å². The van der Waals surface area contributed by atoms with E-state index in [-0.39, 0.29) is 11.9 Å². The Balaban J connectivity index is 2.74. The molecule has 0 spiro atoms. The zero-order chi connectivity index (χ0) is 14.6. The fourth-order valence-corrected chi connectivity index (χ4v) is 1.86. The number of carbonyl (C=O) groups excluding carboxylic acids is 1. The third-order valence-electron chi connectivity index (χ3n) is 2.80. The summed E-state index contributed by atoms with van der Waals surface area (Å²) in [6.07, 6.45) is 0.355. The highest BCUT2D eigenvalue weighted by molar-refractivity contribution is 5.71. The molecular weight excluding hydrogens is 238 g/mol. The van der Waals surface area contributed by atoms with Crippen LogP contribution in [0.1, 0.15) is 51.2 Å². The fraction of sp³-hybridized carbons (Fsp3) is 0.500. The van der Waals surface area contributed by atoms with Crippen molar-refractivity contribution in [2.45, 2.75) is 52.6 Å². The topological polar surface area (TPSA) is 30.7 Å². The van der Waals surface area contributed by atoms with Crippen molar-refractivity contribution in [1.82, 2.24) is 0 Å². The smallest absolute Gasteiger partial charge is 0.306 e. The summed E-state index contributed by atoms with van der Waals surface area (Å²) in [5.41, 5.74) is 2.23. The number of rotatable bonds is 3. The maximum absolute atomic E-state index is 11.8. The van der Waals surface area contributed by atoms with E-state index < -0.39 is 5.60 Å². The number of benzene rings is 1. The molecule has 1 rings (SSSR count). The summed E-state index contributed by atoms with van der Waals surface area (Å²) in [6.45, 7) is 16.5. The van der Waals surface area contributed by atoms with Crippen molar-refractivity contribution in [2.75, 3.05) is 0 Å². The molecule has 3 nitrogen and oxygen atoms in total. The van der Waals surface area contributed by atoms with Gasteiger partial charge in [0, 0.05) is 0 Å². The summed E-state index contributed by atoms with van der Waals surface area (Å²) < 4.78 is 5.32. The van der Waals surface area contributed by atoms with Gasteiger partial charge in [-0.1, -0.05) is 25.1 Å². The molecule has 0 saturated carbocycles. The predicted molar refractivity (Wildman–Crippen MR) is 76.3 cm³/mol. The lowest BCUT2D eigenvalue weighted by molar-refractivity contribution is -0.155. The van der Waals surface area contributed by atoms with Gasteiger partial charge in [-0.15, -0.1) is 0 Å². The van der Waals surface area contributed by atoms with Crippen molar-refractivity contribution in [2.24, 2.45) is 0 Å². The third-order valence-corrected chi connectivity index (χ3v) is 2.80. The van der Waals surface area contributed by atoms with Crippen molar-refractivity contribution >= 4 is 11.7 Å². The fourth-order valence-electron chi connectivity index (χ4n) is 1.86. The lowest BCUT2D eigenvalue weighted by Gasteiger charge is -2.21. The first kappa shape index (κ1) is 15.2. The number of carbonyl (C=O) groups is 1. The first-order chi connectivity index (χ1) is 8.73. The van der Waals surface area contributed by atoms with Crippen LogP contribution in [0.25, 0.3) is 4.85 Å². The van der Waals surface area contributed by atoms with E-state index in [0.29, 0.717) is 12.1 Å². The number of esters is 1. The van der Waals surface area contributed by atoms with E-state index >= 15 is 0 Å². The quantitative estimate of drug-likeness (QED) is 0.595. The minimum absolute atomic E-state index is 0.0910. The first-order valence-corrected chi connectivity index (χ1v) is 6.43. The summed E-state index contributed by atoms with van der Waals surface area (Å²) in [5, 5.41) is 0. The lowest BCUT2D eigenvalue weighted by atomic mass is 9.95. The minimum Gasteiger partial charge on any atom is -0.460 e. The maximum Gasteiger partial charge on any atom is 0.306 e. The number of hydrogen-bond acceptors (Lipinski definition) is 2. The van der Waals surface area contributed by atoms with Crippen LogP contribution in [0.2, 0.25) is 0 Å². The molecule has 19 heavy (non-hydrogen) atoms. The van der Waals surface area contributed by atoms with E-state index in [4.69, 9.17) is 11.3 Å². The van der Waals surface area contributed by atoms with E-state index in [1.54, 1.807) is 0 Å². The summed E-state index contributed by atoms with van der Waals surface area (Å²) in [4.78, 5) is 15.2. The second kappa shape index (κ2) is 5.88. The standard InChI is InChI=1S/C16H21NO2/c1-11(10-15(18)19-16(3,4)5)13-7-8-14(17-6)12(2)9-13/h7-9,11H,10H2,1-5H3. The van der Waals surface area contributed by atoms with E-state index in [9.17, 15) is 4.79 Å². The zero-order valence-corrected chi connectivity index (χ0v) is 12.3. The van der Waals surface area contributed by atoms with Gasteiger partial charge >= 0.3 is 5.97 Å². The predicted octanol–water partition coefficient (Wildman–Crippen LogP) is 4.38. The van der Waals surface area contributed by atoms with Crippen LogP contribution in [-0.4, -0.2) is 11.6 Å². The van der Waals surface area contributed by atoms with Crippen molar-refractivity contribution in [1.29, 1.82) is 0 Å². The average Bonchev–Trinajstić information content (AvgIpc) is 2.26. The van der Waals surface area contributed by atoms with Gasteiger partial charge in [0.15, 0.2) is 5.69 Å². The molecule has 1 atom stereocenters. The molecule has 1 aromatic rings. The molecule has 3 heteroatoms. The van der Waals surface area contributed by atoms with Crippen LogP contribution in [0.5, 0.6) is 0 Å². The Labute approximate surface area is 115 Å². The third kappa shape index (κ3) is 4.75. The highest BCUT2D eigenvalue weighted by Gasteiger charge is 2.19. The molecule has 0 aromatic heterocycles. The van der Waals surface area contributed by atoms with Gasteiger partial charge in [0.25, 0.3) is 0 Å². The van der Waals surface area contributed by atoms with Gasteiger partial charge in [0.05, 0.1) is 13.0 Å².